The summed E-state index contributed by atoms with van der Waals surface area (Å²) in [6, 6.07) is 13.8. The van der Waals surface area contributed by atoms with Crippen LogP contribution in [0.15, 0.2) is 59.1 Å². The van der Waals surface area contributed by atoms with Gasteiger partial charge in [0.05, 0.1) is 5.69 Å². The van der Waals surface area contributed by atoms with Crippen molar-refractivity contribution in [2.75, 3.05) is 4.90 Å². The molecule has 6 nitrogen and oxygen atoms in total. The topological polar surface area (TPSA) is 75.4 Å². The molecule has 0 aliphatic heterocycles. The Morgan fingerprint density at radius 1 is 1.06 bits per heavy atom. The number of aryl methyl sites for hydroxylation is 2. The van der Waals surface area contributed by atoms with Gasteiger partial charge in [0.25, 0.3) is 5.91 Å². The molecule has 1 atom stereocenters. The Bertz CT molecular complexity index is 1070. The van der Waals surface area contributed by atoms with Crippen LogP contribution in [0.2, 0.25) is 0 Å². The van der Waals surface area contributed by atoms with E-state index in [4.69, 9.17) is 4.52 Å². The standard InChI is InChI=1S/C25H26FN3O3/c1-16-22(17(2)32-28-16)25(31)29(21-10-4-3-5-11-21)23(18-12-14-19(26)15-13-18)24(30)27-20-8-6-7-9-20/h3-5,10-15,20,23H,6-9H2,1-2H3,(H,27,30)/t23-/m0/s1. The Kier molecular flexibility index (Phi) is 6.35. The van der Waals surface area contributed by atoms with Crippen LogP contribution in [0.5, 0.6) is 0 Å². The minimum absolute atomic E-state index is 0.0669. The Morgan fingerprint density at radius 2 is 1.72 bits per heavy atom. The number of halogens is 1. The monoisotopic (exact) mass is 435 g/mol. The van der Waals surface area contributed by atoms with Crippen LogP contribution in [0.25, 0.3) is 0 Å². The fourth-order valence-electron chi connectivity index (χ4n) is 4.29. The third-order valence-corrected chi connectivity index (χ3v) is 5.89. The van der Waals surface area contributed by atoms with Crippen LogP contribution in [-0.4, -0.2) is 23.0 Å². The highest BCUT2D eigenvalue weighted by Crippen LogP contribution is 2.32. The van der Waals surface area contributed by atoms with Crippen molar-refractivity contribution >= 4 is 17.5 Å². The van der Waals surface area contributed by atoms with Gasteiger partial charge in [-0.15, -0.1) is 0 Å². The molecular formula is C25H26FN3O3. The van der Waals surface area contributed by atoms with Crippen molar-refractivity contribution in [1.82, 2.24) is 10.5 Å². The van der Waals surface area contributed by atoms with Gasteiger partial charge in [-0.2, -0.15) is 0 Å². The Morgan fingerprint density at radius 3 is 2.31 bits per heavy atom. The number of anilines is 1. The van der Waals surface area contributed by atoms with E-state index in [2.05, 4.69) is 10.5 Å². The van der Waals surface area contributed by atoms with Crippen molar-refractivity contribution in [3.05, 3.63) is 83.0 Å². The molecule has 3 aromatic rings. The number of benzene rings is 2. The van der Waals surface area contributed by atoms with E-state index in [1.54, 1.807) is 50.2 Å². The molecule has 4 rings (SSSR count). The van der Waals surface area contributed by atoms with E-state index in [9.17, 15) is 14.0 Å². The minimum Gasteiger partial charge on any atom is -0.361 e. The van der Waals surface area contributed by atoms with Gasteiger partial charge >= 0.3 is 0 Å². The molecule has 1 N–H and O–H groups in total. The first-order valence-electron chi connectivity index (χ1n) is 10.8. The van der Waals surface area contributed by atoms with Gasteiger partial charge in [0.1, 0.15) is 23.2 Å². The van der Waals surface area contributed by atoms with Crippen molar-refractivity contribution in [2.24, 2.45) is 0 Å². The van der Waals surface area contributed by atoms with Gasteiger partial charge in [-0.05, 0) is 56.5 Å². The van der Waals surface area contributed by atoms with Crippen LogP contribution in [0.1, 0.15) is 59.1 Å². The van der Waals surface area contributed by atoms with Gasteiger partial charge in [-0.3, -0.25) is 14.5 Å². The SMILES string of the molecule is Cc1noc(C)c1C(=O)N(c1ccccc1)[C@H](C(=O)NC1CCCC1)c1ccc(F)cc1. The first-order valence-corrected chi connectivity index (χ1v) is 10.8. The molecule has 1 fully saturated rings. The summed E-state index contributed by atoms with van der Waals surface area (Å²) in [7, 11) is 0. The molecule has 0 radical (unpaired) electrons. The Hall–Kier alpha value is -3.48. The Labute approximate surface area is 186 Å². The van der Waals surface area contributed by atoms with Crippen molar-refractivity contribution in [1.29, 1.82) is 0 Å². The van der Waals surface area contributed by atoms with Crippen LogP contribution in [0, 0.1) is 19.7 Å². The molecule has 1 saturated carbocycles. The van der Waals surface area contributed by atoms with E-state index in [-0.39, 0.29) is 11.9 Å². The zero-order valence-corrected chi connectivity index (χ0v) is 18.2. The fourth-order valence-corrected chi connectivity index (χ4v) is 4.29. The van der Waals surface area contributed by atoms with Gasteiger partial charge in [-0.1, -0.05) is 48.3 Å². The second kappa shape index (κ2) is 9.34. The average molecular weight is 435 g/mol. The maximum absolute atomic E-state index is 13.8. The molecule has 1 heterocycles. The molecule has 7 heteroatoms. The Balaban J connectivity index is 1.82. The summed E-state index contributed by atoms with van der Waals surface area (Å²) < 4.78 is 18.9. The first kappa shape index (κ1) is 21.7. The number of carbonyl (C=O) groups excluding carboxylic acids is 2. The summed E-state index contributed by atoms with van der Waals surface area (Å²) in [6.07, 6.45) is 3.94. The van der Waals surface area contributed by atoms with E-state index in [0.29, 0.717) is 28.3 Å². The van der Waals surface area contributed by atoms with Crippen LogP contribution >= 0.6 is 0 Å². The summed E-state index contributed by atoms with van der Waals surface area (Å²) in [4.78, 5) is 28.9. The van der Waals surface area contributed by atoms with Crippen molar-refractivity contribution in [3.8, 4) is 0 Å². The fraction of sp³-hybridized carbons (Fsp3) is 0.320. The lowest BCUT2D eigenvalue weighted by molar-refractivity contribution is -0.123. The summed E-state index contributed by atoms with van der Waals surface area (Å²) in [6.45, 7) is 3.36. The quantitative estimate of drug-likeness (QED) is 0.599. The van der Waals surface area contributed by atoms with Gasteiger partial charge < -0.3 is 9.84 Å². The van der Waals surface area contributed by atoms with E-state index >= 15 is 0 Å². The van der Waals surface area contributed by atoms with E-state index in [0.717, 1.165) is 25.7 Å². The third kappa shape index (κ3) is 4.42. The van der Waals surface area contributed by atoms with Crippen LogP contribution in [0.4, 0.5) is 10.1 Å². The summed E-state index contributed by atoms with van der Waals surface area (Å²) >= 11 is 0. The predicted octanol–water partition coefficient (Wildman–Crippen LogP) is 4.88. The van der Waals surface area contributed by atoms with Crippen LogP contribution < -0.4 is 10.2 Å². The molecule has 0 bridgehead atoms. The lowest BCUT2D eigenvalue weighted by atomic mass is 10.0. The van der Waals surface area contributed by atoms with Crippen molar-refractivity contribution < 1.29 is 18.5 Å². The maximum atomic E-state index is 13.8. The zero-order valence-electron chi connectivity index (χ0n) is 18.2. The summed E-state index contributed by atoms with van der Waals surface area (Å²) in [5, 5.41) is 7.02. The van der Waals surface area contributed by atoms with Gasteiger partial charge in [0.15, 0.2) is 0 Å². The van der Waals surface area contributed by atoms with Crippen LogP contribution in [0.3, 0.4) is 0 Å². The maximum Gasteiger partial charge on any atom is 0.264 e. The number of rotatable bonds is 6. The van der Waals surface area contributed by atoms with E-state index in [1.165, 1.54) is 17.0 Å². The third-order valence-electron chi connectivity index (χ3n) is 5.89. The number of para-hydroxylation sites is 1. The van der Waals surface area contributed by atoms with Crippen molar-refractivity contribution in [3.63, 3.8) is 0 Å². The van der Waals surface area contributed by atoms with Crippen molar-refractivity contribution in [2.45, 2.75) is 51.6 Å². The molecule has 1 aromatic heterocycles. The number of carbonyl (C=O) groups is 2. The molecule has 0 saturated heterocycles. The summed E-state index contributed by atoms with van der Waals surface area (Å²) in [5.74, 6) is -0.731. The average Bonchev–Trinajstić information content (AvgIpc) is 3.42. The number of nitrogens with zero attached hydrogens (tertiary/aromatic N) is 2. The summed E-state index contributed by atoms with van der Waals surface area (Å²) in [5.41, 5.74) is 1.83. The number of nitrogens with one attached hydrogen (secondary N) is 1. The molecule has 0 unspecified atom stereocenters. The number of amides is 2. The first-order chi connectivity index (χ1) is 15.5. The molecule has 1 aliphatic rings. The molecule has 2 aromatic carbocycles. The largest absolute Gasteiger partial charge is 0.361 e. The van der Waals surface area contributed by atoms with E-state index in [1.807, 2.05) is 6.07 Å². The zero-order chi connectivity index (χ0) is 22.7. The lowest BCUT2D eigenvalue weighted by Crippen LogP contribution is -2.46. The highest BCUT2D eigenvalue weighted by atomic mass is 19.1. The van der Waals surface area contributed by atoms with Crippen LogP contribution in [-0.2, 0) is 4.79 Å². The molecule has 2 amide bonds. The highest BCUT2D eigenvalue weighted by Gasteiger charge is 2.36. The van der Waals surface area contributed by atoms with Gasteiger partial charge in [-0.25, -0.2) is 4.39 Å². The highest BCUT2D eigenvalue weighted by molar-refractivity contribution is 6.11. The van der Waals surface area contributed by atoms with Gasteiger partial charge in [0, 0.05) is 11.7 Å². The predicted molar refractivity (Wildman–Crippen MR) is 119 cm³/mol. The molecule has 166 valence electrons. The van der Waals surface area contributed by atoms with E-state index < -0.39 is 17.8 Å². The number of hydrogen-bond donors (Lipinski definition) is 1. The lowest BCUT2D eigenvalue weighted by Gasteiger charge is -2.32. The molecule has 0 spiro atoms. The molecule has 32 heavy (non-hydrogen) atoms. The number of aromatic nitrogens is 1. The second-order valence-corrected chi connectivity index (χ2v) is 8.15. The molecule has 1 aliphatic carbocycles. The van der Waals surface area contributed by atoms with Gasteiger partial charge in [0.2, 0.25) is 5.91 Å². The normalized spacial score (nSPS) is 14.8. The molecular weight excluding hydrogens is 409 g/mol. The second-order valence-electron chi connectivity index (χ2n) is 8.15. The number of hydrogen-bond acceptors (Lipinski definition) is 4. The minimum atomic E-state index is -0.986. The smallest absolute Gasteiger partial charge is 0.264 e.